The minimum absolute atomic E-state index is 0.119. The summed E-state index contributed by atoms with van der Waals surface area (Å²) in [4.78, 5) is 24.0. The molecular weight excluding hydrogens is 369 g/mol. The first-order valence-electron chi connectivity index (χ1n) is 10.3. The number of aromatic amines is 1. The van der Waals surface area contributed by atoms with E-state index in [0.29, 0.717) is 16.8 Å². The number of unbranched alkanes of at least 4 members (excludes halogenated alkanes) is 1. The van der Waals surface area contributed by atoms with Gasteiger partial charge in [0.25, 0.3) is 0 Å². The Bertz CT molecular complexity index is 1040. The smallest absolute Gasteiger partial charge is 0.200 e. The van der Waals surface area contributed by atoms with Crippen LogP contribution in [0.2, 0.25) is 0 Å². The Kier molecular flexibility index (Phi) is 5.81. The number of nitrogens with zero attached hydrogens (tertiary/aromatic N) is 1. The van der Waals surface area contributed by atoms with Crippen LogP contribution in [0.15, 0.2) is 47.4 Å². The Morgan fingerprint density at radius 3 is 2.62 bits per heavy atom. The second-order valence-electron chi connectivity index (χ2n) is 7.42. The molecule has 1 aliphatic heterocycles. The lowest BCUT2D eigenvalue weighted by Gasteiger charge is -2.20. The van der Waals surface area contributed by atoms with Gasteiger partial charge in [-0.05, 0) is 49.1 Å². The van der Waals surface area contributed by atoms with Crippen LogP contribution < -0.4 is 20.6 Å². The van der Waals surface area contributed by atoms with Gasteiger partial charge in [-0.25, -0.2) is 4.39 Å². The van der Waals surface area contributed by atoms with Crippen LogP contribution in [0.3, 0.4) is 0 Å². The number of nitrogens with one attached hydrogen (secondary N) is 2. The van der Waals surface area contributed by atoms with Crippen LogP contribution in [0.4, 0.5) is 10.1 Å². The van der Waals surface area contributed by atoms with E-state index < -0.39 is 5.82 Å². The third-order valence-corrected chi connectivity index (χ3v) is 5.40. The topological polar surface area (TPSA) is 57.4 Å². The predicted octanol–water partition coefficient (Wildman–Crippen LogP) is 4.62. The molecule has 2 aromatic carbocycles. The van der Waals surface area contributed by atoms with Crippen molar-refractivity contribution in [1.29, 1.82) is 0 Å². The standard InChI is InChI=1S/C23H26FN3O2/c1-2-3-12-26-29-17-8-6-16(7-9-17)18-15-25-22-20(27-13-4-5-14-27)11-10-19(24)21(22)23(18)28/h6-11,15,26H,2-5,12-14H2,1H3,(H,25,28). The van der Waals surface area contributed by atoms with Gasteiger partial charge in [0.1, 0.15) is 11.6 Å². The van der Waals surface area contributed by atoms with Crippen LogP contribution in [0.1, 0.15) is 32.6 Å². The first kappa shape index (κ1) is 19.5. The molecule has 5 nitrogen and oxygen atoms in total. The fourth-order valence-electron chi connectivity index (χ4n) is 3.80. The molecule has 29 heavy (non-hydrogen) atoms. The summed E-state index contributed by atoms with van der Waals surface area (Å²) < 4.78 is 14.6. The van der Waals surface area contributed by atoms with Crippen molar-refractivity contribution >= 4 is 16.6 Å². The summed E-state index contributed by atoms with van der Waals surface area (Å²) in [5.41, 5.74) is 5.25. The number of halogens is 1. The van der Waals surface area contributed by atoms with E-state index in [0.717, 1.165) is 56.6 Å². The Balaban J connectivity index is 1.65. The van der Waals surface area contributed by atoms with E-state index in [1.54, 1.807) is 24.4 Å². The fourth-order valence-corrected chi connectivity index (χ4v) is 3.80. The molecule has 0 bridgehead atoms. The monoisotopic (exact) mass is 395 g/mol. The third-order valence-electron chi connectivity index (χ3n) is 5.40. The van der Waals surface area contributed by atoms with E-state index in [1.165, 1.54) is 6.07 Å². The van der Waals surface area contributed by atoms with Crippen LogP contribution >= 0.6 is 0 Å². The van der Waals surface area contributed by atoms with Gasteiger partial charge in [0.05, 0.1) is 16.6 Å². The summed E-state index contributed by atoms with van der Waals surface area (Å²) in [5, 5.41) is 0.119. The first-order valence-corrected chi connectivity index (χ1v) is 10.3. The molecule has 1 fully saturated rings. The molecule has 6 heteroatoms. The van der Waals surface area contributed by atoms with Crippen LogP contribution in [-0.2, 0) is 0 Å². The van der Waals surface area contributed by atoms with E-state index in [4.69, 9.17) is 4.84 Å². The highest BCUT2D eigenvalue weighted by Crippen LogP contribution is 2.30. The molecule has 4 rings (SSSR count). The van der Waals surface area contributed by atoms with Gasteiger partial charge >= 0.3 is 0 Å². The SMILES string of the molecule is CCCCNOc1ccc(-c2c[nH]c3c(N4CCCC4)ccc(F)c3c2=O)cc1. The van der Waals surface area contributed by atoms with Crippen molar-refractivity contribution in [3.63, 3.8) is 0 Å². The summed E-state index contributed by atoms with van der Waals surface area (Å²) in [5.74, 6) is 0.177. The van der Waals surface area contributed by atoms with Crippen molar-refractivity contribution < 1.29 is 9.23 Å². The number of benzene rings is 2. The molecule has 2 N–H and O–H groups in total. The van der Waals surface area contributed by atoms with E-state index in [-0.39, 0.29) is 10.8 Å². The van der Waals surface area contributed by atoms with Crippen LogP contribution in [0, 0.1) is 5.82 Å². The predicted molar refractivity (Wildman–Crippen MR) is 115 cm³/mol. The molecule has 0 radical (unpaired) electrons. The van der Waals surface area contributed by atoms with Gasteiger partial charge < -0.3 is 14.7 Å². The maximum absolute atomic E-state index is 14.6. The van der Waals surface area contributed by atoms with Crippen LogP contribution in [0.5, 0.6) is 5.75 Å². The maximum atomic E-state index is 14.6. The Hall–Kier alpha value is -2.86. The van der Waals surface area contributed by atoms with Crippen molar-refractivity contribution in [2.24, 2.45) is 0 Å². The second kappa shape index (κ2) is 8.66. The first-order chi connectivity index (χ1) is 14.2. The summed E-state index contributed by atoms with van der Waals surface area (Å²) >= 11 is 0. The molecule has 0 atom stereocenters. The fraction of sp³-hybridized carbons (Fsp3) is 0.348. The minimum atomic E-state index is -0.494. The zero-order valence-corrected chi connectivity index (χ0v) is 16.6. The molecule has 0 unspecified atom stereocenters. The molecule has 1 aliphatic rings. The quantitative estimate of drug-likeness (QED) is 0.453. The molecule has 1 aromatic heterocycles. The number of aromatic nitrogens is 1. The zero-order chi connectivity index (χ0) is 20.2. The summed E-state index contributed by atoms with van der Waals surface area (Å²) in [7, 11) is 0. The van der Waals surface area contributed by atoms with Crippen molar-refractivity contribution in [2.45, 2.75) is 32.6 Å². The van der Waals surface area contributed by atoms with Crippen molar-refractivity contribution in [1.82, 2.24) is 10.5 Å². The Morgan fingerprint density at radius 1 is 1.14 bits per heavy atom. The molecule has 0 spiro atoms. The minimum Gasteiger partial charge on any atom is -0.409 e. The van der Waals surface area contributed by atoms with E-state index >= 15 is 0 Å². The molecule has 2 heterocycles. The largest absolute Gasteiger partial charge is 0.409 e. The molecule has 0 saturated carbocycles. The van der Waals surface area contributed by atoms with E-state index in [1.807, 2.05) is 12.1 Å². The van der Waals surface area contributed by atoms with Gasteiger partial charge in [-0.1, -0.05) is 25.5 Å². The number of rotatable bonds is 7. The second-order valence-corrected chi connectivity index (χ2v) is 7.42. The van der Waals surface area contributed by atoms with Gasteiger partial charge in [-0.2, -0.15) is 5.48 Å². The summed E-state index contributed by atoms with van der Waals surface area (Å²) in [6.07, 6.45) is 6.04. The normalized spacial score (nSPS) is 13.9. The Morgan fingerprint density at radius 2 is 1.90 bits per heavy atom. The maximum Gasteiger partial charge on any atom is 0.200 e. The molecule has 152 valence electrons. The third kappa shape index (κ3) is 3.98. The van der Waals surface area contributed by atoms with Gasteiger partial charge in [-0.3, -0.25) is 4.79 Å². The highest BCUT2D eigenvalue weighted by Gasteiger charge is 2.19. The number of hydrogen-bond acceptors (Lipinski definition) is 4. The summed E-state index contributed by atoms with van der Waals surface area (Å²) in [6, 6.07) is 10.4. The van der Waals surface area contributed by atoms with Gasteiger partial charge in [-0.15, -0.1) is 0 Å². The van der Waals surface area contributed by atoms with E-state index in [9.17, 15) is 9.18 Å². The van der Waals surface area contributed by atoms with Gasteiger partial charge in [0.15, 0.2) is 5.43 Å². The number of anilines is 1. The van der Waals surface area contributed by atoms with Crippen molar-refractivity contribution in [3.05, 3.63) is 58.6 Å². The van der Waals surface area contributed by atoms with Gasteiger partial charge in [0, 0.05) is 31.4 Å². The number of hydroxylamine groups is 1. The molecule has 1 saturated heterocycles. The lowest BCUT2D eigenvalue weighted by atomic mass is 10.0. The van der Waals surface area contributed by atoms with Crippen molar-refractivity contribution in [3.8, 4) is 16.9 Å². The number of H-pyrrole nitrogens is 1. The molecule has 3 aromatic rings. The number of pyridine rings is 1. The molecule has 0 aliphatic carbocycles. The summed E-state index contributed by atoms with van der Waals surface area (Å²) in [6.45, 7) is 4.76. The average Bonchev–Trinajstić information content (AvgIpc) is 3.27. The van der Waals surface area contributed by atoms with Crippen LogP contribution in [-0.4, -0.2) is 24.6 Å². The zero-order valence-electron chi connectivity index (χ0n) is 16.6. The van der Waals surface area contributed by atoms with Crippen molar-refractivity contribution in [2.75, 3.05) is 24.5 Å². The van der Waals surface area contributed by atoms with Crippen LogP contribution in [0.25, 0.3) is 22.0 Å². The average molecular weight is 395 g/mol. The lowest BCUT2D eigenvalue weighted by molar-refractivity contribution is 0.194. The molecular formula is C23H26FN3O2. The van der Waals surface area contributed by atoms with Gasteiger partial charge in [0.2, 0.25) is 0 Å². The lowest BCUT2D eigenvalue weighted by Crippen LogP contribution is -2.20. The highest BCUT2D eigenvalue weighted by atomic mass is 19.1. The van der Waals surface area contributed by atoms with E-state index in [2.05, 4.69) is 22.3 Å². The molecule has 0 amide bonds. The highest BCUT2D eigenvalue weighted by molar-refractivity contribution is 5.93. The Labute approximate surface area is 169 Å². The number of hydrogen-bond donors (Lipinski definition) is 2. The number of fused-ring (bicyclic) bond motifs is 1.